The molecule has 2 rings (SSSR count). The molecule has 0 saturated heterocycles. The van der Waals surface area contributed by atoms with Crippen molar-refractivity contribution in [1.29, 1.82) is 0 Å². The van der Waals surface area contributed by atoms with E-state index < -0.39 is 0 Å². The van der Waals surface area contributed by atoms with Crippen LogP contribution in [0.3, 0.4) is 0 Å². The van der Waals surface area contributed by atoms with Crippen LogP contribution in [0.2, 0.25) is 0 Å². The number of ether oxygens (including phenoxy) is 1. The molecule has 0 unspecified atom stereocenters. The second-order valence-corrected chi connectivity index (χ2v) is 5.80. The van der Waals surface area contributed by atoms with E-state index in [0.717, 1.165) is 22.9 Å². The molecule has 0 aliphatic heterocycles. The van der Waals surface area contributed by atoms with E-state index in [1.807, 2.05) is 51.1 Å². The van der Waals surface area contributed by atoms with Gasteiger partial charge in [-0.3, -0.25) is 0 Å². The maximum Gasteiger partial charge on any atom is 0.225 e. The van der Waals surface area contributed by atoms with E-state index >= 15 is 0 Å². The van der Waals surface area contributed by atoms with Crippen molar-refractivity contribution in [3.05, 3.63) is 36.0 Å². The molecule has 5 heteroatoms. The molecule has 0 amide bonds. The number of para-hydroxylation sites is 2. The van der Waals surface area contributed by atoms with Gasteiger partial charge in [0.2, 0.25) is 5.95 Å². The van der Waals surface area contributed by atoms with Crippen molar-refractivity contribution in [1.82, 2.24) is 9.97 Å². The molecular weight excluding hydrogens is 276 g/mol. The minimum Gasteiger partial charge on any atom is -0.489 e. The van der Waals surface area contributed by atoms with Crippen LogP contribution in [0, 0.1) is 6.92 Å². The summed E-state index contributed by atoms with van der Waals surface area (Å²) in [5.74, 6) is 2.18. The number of aromatic nitrogens is 2. The Labute approximate surface area is 132 Å². The first-order chi connectivity index (χ1) is 10.4. The van der Waals surface area contributed by atoms with Gasteiger partial charge < -0.3 is 15.4 Å². The molecule has 118 valence electrons. The molecular formula is C17H24N4O. The van der Waals surface area contributed by atoms with E-state index in [2.05, 4.69) is 34.4 Å². The van der Waals surface area contributed by atoms with Crippen molar-refractivity contribution in [3.8, 4) is 5.75 Å². The molecule has 0 saturated carbocycles. The van der Waals surface area contributed by atoms with Crippen molar-refractivity contribution in [2.75, 3.05) is 10.6 Å². The number of nitrogens with zero attached hydrogens (tertiary/aromatic N) is 2. The molecule has 0 radical (unpaired) electrons. The van der Waals surface area contributed by atoms with Crippen LogP contribution in [0.5, 0.6) is 5.75 Å². The van der Waals surface area contributed by atoms with E-state index in [1.54, 1.807) is 0 Å². The molecule has 0 bridgehead atoms. The molecule has 1 aromatic heterocycles. The third-order valence-corrected chi connectivity index (χ3v) is 2.78. The predicted octanol–water partition coefficient (Wildman–Crippen LogP) is 4.14. The third-order valence-electron chi connectivity index (χ3n) is 2.78. The number of rotatable bonds is 6. The summed E-state index contributed by atoms with van der Waals surface area (Å²) >= 11 is 0. The van der Waals surface area contributed by atoms with Gasteiger partial charge in [-0.05, 0) is 46.8 Å². The maximum atomic E-state index is 5.82. The molecule has 2 N–H and O–H groups in total. The van der Waals surface area contributed by atoms with E-state index in [4.69, 9.17) is 4.74 Å². The van der Waals surface area contributed by atoms with Crippen molar-refractivity contribution < 1.29 is 4.74 Å². The van der Waals surface area contributed by atoms with Gasteiger partial charge in [0.15, 0.2) is 0 Å². The molecule has 22 heavy (non-hydrogen) atoms. The van der Waals surface area contributed by atoms with Crippen LogP contribution in [-0.2, 0) is 0 Å². The van der Waals surface area contributed by atoms with Gasteiger partial charge >= 0.3 is 0 Å². The average Bonchev–Trinajstić information content (AvgIpc) is 2.39. The number of nitrogens with one attached hydrogen (secondary N) is 2. The Morgan fingerprint density at radius 1 is 1.05 bits per heavy atom. The van der Waals surface area contributed by atoms with Crippen LogP contribution >= 0.6 is 0 Å². The average molecular weight is 300 g/mol. The molecule has 0 aliphatic carbocycles. The van der Waals surface area contributed by atoms with Crippen LogP contribution in [0.25, 0.3) is 0 Å². The Hall–Kier alpha value is -2.30. The molecule has 0 atom stereocenters. The van der Waals surface area contributed by atoms with Gasteiger partial charge in [-0.25, -0.2) is 4.98 Å². The van der Waals surface area contributed by atoms with Crippen molar-refractivity contribution in [2.45, 2.75) is 46.8 Å². The second-order valence-electron chi connectivity index (χ2n) is 5.80. The summed E-state index contributed by atoms with van der Waals surface area (Å²) in [5.41, 5.74) is 1.80. The Kier molecular flexibility index (Phi) is 5.20. The summed E-state index contributed by atoms with van der Waals surface area (Å²) in [6, 6.07) is 10.1. The van der Waals surface area contributed by atoms with E-state index in [9.17, 15) is 0 Å². The van der Waals surface area contributed by atoms with Gasteiger partial charge in [0, 0.05) is 17.8 Å². The van der Waals surface area contributed by atoms with Crippen LogP contribution in [0.1, 0.15) is 33.4 Å². The number of hydrogen-bond donors (Lipinski definition) is 2. The first-order valence-corrected chi connectivity index (χ1v) is 7.59. The van der Waals surface area contributed by atoms with Crippen molar-refractivity contribution in [2.24, 2.45) is 0 Å². The zero-order valence-electron chi connectivity index (χ0n) is 13.8. The smallest absolute Gasteiger partial charge is 0.225 e. The maximum absolute atomic E-state index is 5.82. The lowest BCUT2D eigenvalue weighted by Crippen LogP contribution is -2.13. The molecule has 0 fully saturated rings. The fourth-order valence-electron chi connectivity index (χ4n) is 2.02. The highest BCUT2D eigenvalue weighted by molar-refractivity contribution is 5.64. The van der Waals surface area contributed by atoms with Gasteiger partial charge in [-0.15, -0.1) is 0 Å². The van der Waals surface area contributed by atoms with E-state index in [-0.39, 0.29) is 12.1 Å². The number of benzene rings is 1. The summed E-state index contributed by atoms with van der Waals surface area (Å²) in [6.45, 7) is 10.1. The van der Waals surface area contributed by atoms with Crippen molar-refractivity contribution >= 4 is 17.5 Å². The second kappa shape index (κ2) is 7.11. The van der Waals surface area contributed by atoms with Gasteiger partial charge in [0.25, 0.3) is 0 Å². The standard InChI is InChI=1S/C17H24N4O/c1-11(2)18-17-19-13(5)10-16(21-17)20-14-8-6-7-9-15(14)22-12(3)4/h6-12H,1-5H3,(H2,18,19,20,21). The highest BCUT2D eigenvalue weighted by Gasteiger charge is 2.08. The summed E-state index contributed by atoms with van der Waals surface area (Å²) in [7, 11) is 0. The van der Waals surface area contributed by atoms with Gasteiger partial charge in [-0.1, -0.05) is 12.1 Å². The summed E-state index contributed by atoms with van der Waals surface area (Å²) in [4.78, 5) is 8.89. The lowest BCUT2D eigenvalue weighted by atomic mass is 10.3. The van der Waals surface area contributed by atoms with Gasteiger partial charge in [0.05, 0.1) is 11.8 Å². The van der Waals surface area contributed by atoms with Crippen LogP contribution in [0.15, 0.2) is 30.3 Å². The molecule has 0 aliphatic rings. The Morgan fingerprint density at radius 3 is 2.45 bits per heavy atom. The quantitative estimate of drug-likeness (QED) is 0.839. The van der Waals surface area contributed by atoms with E-state index in [1.165, 1.54) is 0 Å². The first-order valence-electron chi connectivity index (χ1n) is 7.59. The van der Waals surface area contributed by atoms with Gasteiger partial charge in [-0.2, -0.15) is 4.98 Å². The monoisotopic (exact) mass is 300 g/mol. The predicted molar refractivity (Wildman–Crippen MR) is 91.0 cm³/mol. The highest BCUT2D eigenvalue weighted by Crippen LogP contribution is 2.28. The summed E-state index contributed by atoms with van der Waals surface area (Å²) in [5, 5.41) is 6.54. The van der Waals surface area contributed by atoms with Crippen LogP contribution in [0.4, 0.5) is 17.5 Å². The lowest BCUT2D eigenvalue weighted by Gasteiger charge is -2.16. The van der Waals surface area contributed by atoms with E-state index in [0.29, 0.717) is 5.95 Å². The minimum absolute atomic E-state index is 0.119. The van der Waals surface area contributed by atoms with Crippen LogP contribution < -0.4 is 15.4 Å². The number of aryl methyl sites for hydroxylation is 1. The van der Waals surface area contributed by atoms with Crippen LogP contribution in [-0.4, -0.2) is 22.1 Å². The Balaban J connectivity index is 2.25. The van der Waals surface area contributed by atoms with Crippen molar-refractivity contribution in [3.63, 3.8) is 0 Å². The SMILES string of the molecule is Cc1cc(Nc2ccccc2OC(C)C)nc(NC(C)C)n1. The summed E-state index contributed by atoms with van der Waals surface area (Å²) < 4.78 is 5.82. The fraction of sp³-hybridized carbons (Fsp3) is 0.412. The molecule has 2 aromatic rings. The Morgan fingerprint density at radius 2 is 1.77 bits per heavy atom. The first kappa shape index (κ1) is 16.1. The zero-order valence-corrected chi connectivity index (χ0v) is 13.8. The highest BCUT2D eigenvalue weighted by atomic mass is 16.5. The molecule has 1 aromatic carbocycles. The third kappa shape index (κ3) is 4.62. The van der Waals surface area contributed by atoms with Gasteiger partial charge in [0.1, 0.15) is 11.6 Å². The topological polar surface area (TPSA) is 59.1 Å². The zero-order chi connectivity index (χ0) is 16.1. The molecule has 5 nitrogen and oxygen atoms in total. The number of hydrogen-bond acceptors (Lipinski definition) is 5. The fourth-order valence-corrected chi connectivity index (χ4v) is 2.02. The largest absolute Gasteiger partial charge is 0.489 e. The molecule has 1 heterocycles. The number of anilines is 3. The Bertz CT molecular complexity index is 626. The minimum atomic E-state index is 0.119. The summed E-state index contributed by atoms with van der Waals surface area (Å²) in [6.07, 6.45) is 0.119. The molecule has 0 spiro atoms. The lowest BCUT2D eigenvalue weighted by molar-refractivity contribution is 0.244. The normalized spacial score (nSPS) is 10.9.